The predicted molar refractivity (Wildman–Crippen MR) is 106 cm³/mol. The summed E-state index contributed by atoms with van der Waals surface area (Å²) in [5, 5.41) is 2.74. The lowest BCUT2D eigenvalue weighted by molar-refractivity contribution is -0.120. The van der Waals surface area contributed by atoms with Gasteiger partial charge in [-0.15, -0.1) is 0 Å². The molecule has 0 fully saturated rings. The minimum Gasteiger partial charge on any atom is -0.496 e. The summed E-state index contributed by atoms with van der Waals surface area (Å²) in [6.07, 6.45) is 0.00684. The molecule has 0 spiro atoms. The van der Waals surface area contributed by atoms with Crippen molar-refractivity contribution >= 4 is 21.7 Å². The molecular weight excluding hydrogens is 380 g/mol. The lowest BCUT2D eigenvalue weighted by atomic mass is 10.0. The maximum atomic E-state index is 12.4. The van der Waals surface area contributed by atoms with E-state index in [1.807, 2.05) is 0 Å². The largest absolute Gasteiger partial charge is 0.496 e. The van der Waals surface area contributed by atoms with Crippen LogP contribution in [0.15, 0.2) is 47.4 Å². The van der Waals surface area contributed by atoms with Crippen LogP contribution in [0.2, 0.25) is 0 Å². The number of ether oxygens (including phenoxy) is 1. The quantitative estimate of drug-likeness (QED) is 0.680. The second-order valence-corrected chi connectivity index (χ2v) is 8.55. The lowest BCUT2D eigenvalue weighted by Gasteiger charge is -2.16. The van der Waals surface area contributed by atoms with Gasteiger partial charge in [-0.1, -0.05) is 18.2 Å². The number of sulfonamides is 1. The number of hydrogen-bond donors (Lipinski definition) is 1. The van der Waals surface area contributed by atoms with Crippen LogP contribution in [-0.4, -0.2) is 45.6 Å². The van der Waals surface area contributed by atoms with Gasteiger partial charge in [0.1, 0.15) is 5.75 Å². The smallest absolute Gasteiger partial charge is 0.242 e. The van der Waals surface area contributed by atoms with Gasteiger partial charge in [0.2, 0.25) is 15.9 Å². The first kappa shape index (κ1) is 21.6. The van der Waals surface area contributed by atoms with Gasteiger partial charge >= 0.3 is 0 Å². The Labute approximate surface area is 165 Å². The topological polar surface area (TPSA) is 92.8 Å². The zero-order valence-corrected chi connectivity index (χ0v) is 17.2. The number of ketones is 1. The van der Waals surface area contributed by atoms with Crippen LogP contribution in [0.5, 0.6) is 5.75 Å². The van der Waals surface area contributed by atoms with E-state index in [1.54, 1.807) is 36.4 Å². The number of amides is 1. The Hall–Kier alpha value is -2.71. The summed E-state index contributed by atoms with van der Waals surface area (Å²) >= 11 is 0. The van der Waals surface area contributed by atoms with Crippen molar-refractivity contribution in [2.45, 2.75) is 24.8 Å². The number of Topliss-reactive ketones (excluding diaryl/α,β-unsaturated/α-hetero) is 1. The van der Waals surface area contributed by atoms with Crippen molar-refractivity contribution in [2.75, 3.05) is 21.2 Å². The fourth-order valence-electron chi connectivity index (χ4n) is 2.66. The van der Waals surface area contributed by atoms with E-state index in [4.69, 9.17) is 4.74 Å². The van der Waals surface area contributed by atoms with Gasteiger partial charge in [0.05, 0.1) is 18.4 Å². The van der Waals surface area contributed by atoms with Gasteiger partial charge in [0, 0.05) is 31.8 Å². The highest BCUT2D eigenvalue weighted by Crippen LogP contribution is 2.21. The van der Waals surface area contributed by atoms with Crippen molar-refractivity contribution in [3.63, 3.8) is 0 Å². The van der Waals surface area contributed by atoms with Gasteiger partial charge in [0.15, 0.2) is 5.78 Å². The molecule has 0 atom stereocenters. The molecule has 2 aromatic rings. The summed E-state index contributed by atoms with van der Waals surface area (Å²) in [6.45, 7) is 1.52. The van der Waals surface area contributed by atoms with E-state index in [9.17, 15) is 18.0 Å². The molecule has 0 unspecified atom stereocenters. The standard InChI is InChI=1S/C20H24N2O5S/c1-14(23)15-9-10-18(27-4)17(11-15)12-20(24)21-13-16-7-5-6-8-19(16)28(25,26)22(2)3/h5-11H,12-13H2,1-4H3,(H,21,24). The highest BCUT2D eigenvalue weighted by atomic mass is 32.2. The van der Waals surface area contributed by atoms with Crippen LogP contribution in [0.25, 0.3) is 0 Å². The second kappa shape index (κ2) is 8.99. The van der Waals surface area contributed by atoms with Crippen LogP contribution < -0.4 is 10.1 Å². The van der Waals surface area contributed by atoms with E-state index in [1.165, 1.54) is 34.2 Å². The minimum atomic E-state index is -3.62. The van der Waals surface area contributed by atoms with E-state index in [0.29, 0.717) is 22.4 Å². The molecule has 0 aromatic heterocycles. The van der Waals surface area contributed by atoms with E-state index in [2.05, 4.69) is 5.32 Å². The first-order valence-electron chi connectivity index (χ1n) is 8.61. The SMILES string of the molecule is COc1ccc(C(C)=O)cc1CC(=O)NCc1ccccc1S(=O)(=O)N(C)C. The maximum Gasteiger partial charge on any atom is 0.242 e. The molecule has 2 aromatic carbocycles. The van der Waals surface area contributed by atoms with Crippen molar-refractivity contribution in [1.29, 1.82) is 0 Å². The first-order chi connectivity index (χ1) is 13.2. The van der Waals surface area contributed by atoms with Gasteiger partial charge in [-0.3, -0.25) is 9.59 Å². The number of carbonyl (C=O) groups is 2. The normalized spacial score (nSPS) is 11.3. The van der Waals surface area contributed by atoms with Gasteiger partial charge in [0.25, 0.3) is 0 Å². The third-order valence-electron chi connectivity index (χ3n) is 4.25. The van der Waals surface area contributed by atoms with E-state index < -0.39 is 10.0 Å². The summed E-state index contributed by atoms with van der Waals surface area (Å²) < 4.78 is 31.3. The molecular formula is C20H24N2O5S. The molecule has 8 heteroatoms. The van der Waals surface area contributed by atoms with Crippen LogP contribution in [0.3, 0.4) is 0 Å². The summed E-state index contributed by atoms with van der Waals surface area (Å²) in [5.41, 5.74) is 1.57. The Balaban J connectivity index is 2.17. The predicted octanol–water partition coefficient (Wildman–Crippen LogP) is 2.01. The average Bonchev–Trinajstić information content (AvgIpc) is 2.66. The highest BCUT2D eigenvalue weighted by Gasteiger charge is 2.21. The zero-order chi connectivity index (χ0) is 20.9. The molecule has 0 aliphatic heterocycles. The van der Waals surface area contributed by atoms with Gasteiger partial charge in [-0.2, -0.15) is 0 Å². The van der Waals surface area contributed by atoms with E-state index in [-0.39, 0.29) is 29.6 Å². The number of carbonyl (C=O) groups excluding carboxylic acids is 2. The molecule has 0 radical (unpaired) electrons. The fourth-order valence-corrected chi connectivity index (χ4v) is 3.78. The van der Waals surface area contributed by atoms with E-state index >= 15 is 0 Å². The van der Waals surface area contributed by atoms with Crippen LogP contribution >= 0.6 is 0 Å². The van der Waals surface area contributed by atoms with Crippen molar-refractivity contribution in [2.24, 2.45) is 0 Å². The average molecular weight is 404 g/mol. The highest BCUT2D eigenvalue weighted by molar-refractivity contribution is 7.89. The van der Waals surface area contributed by atoms with Crippen molar-refractivity contribution in [3.05, 3.63) is 59.2 Å². The lowest BCUT2D eigenvalue weighted by Crippen LogP contribution is -2.28. The van der Waals surface area contributed by atoms with Crippen LogP contribution in [0.4, 0.5) is 0 Å². The van der Waals surface area contributed by atoms with Crippen molar-refractivity contribution in [1.82, 2.24) is 9.62 Å². The molecule has 0 bridgehead atoms. The minimum absolute atomic E-state index is 0.00684. The van der Waals surface area contributed by atoms with Crippen LogP contribution in [0, 0.1) is 0 Å². The third kappa shape index (κ3) is 4.96. The zero-order valence-electron chi connectivity index (χ0n) is 16.4. The number of nitrogens with one attached hydrogen (secondary N) is 1. The van der Waals surface area contributed by atoms with Gasteiger partial charge < -0.3 is 10.1 Å². The van der Waals surface area contributed by atoms with Crippen LogP contribution in [-0.2, 0) is 27.8 Å². The number of nitrogens with zero attached hydrogens (tertiary/aromatic N) is 1. The van der Waals surface area contributed by atoms with Gasteiger partial charge in [-0.25, -0.2) is 12.7 Å². The van der Waals surface area contributed by atoms with Crippen molar-refractivity contribution in [3.8, 4) is 5.75 Å². The molecule has 1 amide bonds. The Morgan fingerprint density at radius 2 is 1.75 bits per heavy atom. The molecule has 150 valence electrons. The number of methoxy groups -OCH3 is 1. The Kier molecular flexibility index (Phi) is 6.93. The van der Waals surface area contributed by atoms with Crippen LogP contribution in [0.1, 0.15) is 28.4 Å². The molecule has 0 aliphatic rings. The number of rotatable bonds is 8. The molecule has 0 saturated carbocycles. The summed E-state index contributed by atoms with van der Waals surface area (Å²) in [4.78, 5) is 24.1. The third-order valence-corrected chi connectivity index (χ3v) is 6.16. The Bertz CT molecular complexity index is 984. The molecule has 2 rings (SSSR count). The Morgan fingerprint density at radius 1 is 1.07 bits per heavy atom. The van der Waals surface area contributed by atoms with Gasteiger partial charge in [-0.05, 0) is 36.8 Å². The first-order valence-corrected chi connectivity index (χ1v) is 10.1. The molecule has 28 heavy (non-hydrogen) atoms. The second-order valence-electron chi connectivity index (χ2n) is 6.43. The van der Waals surface area contributed by atoms with E-state index in [0.717, 1.165) is 4.31 Å². The number of hydrogen-bond acceptors (Lipinski definition) is 5. The molecule has 0 heterocycles. The monoisotopic (exact) mass is 404 g/mol. The number of benzene rings is 2. The fraction of sp³-hybridized carbons (Fsp3) is 0.300. The molecule has 7 nitrogen and oxygen atoms in total. The molecule has 1 N–H and O–H groups in total. The van der Waals surface area contributed by atoms with Crippen molar-refractivity contribution < 1.29 is 22.7 Å². The summed E-state index contributed by atoms with van der Waals surface area (Å²) in [6, 6.07) is 11.5. The summed E-state index contributed by atoms with van der Waals surface area (Å²) in [5.74, 6) is 0.0962. The molecule has 0 aliphatic carbocycles. The molecule has 0 saturated heterocycles. The Morgan fingerprint density at radius 3 is 2.36 bits per heavy atom. The summed E-state index contributed by atoms with van der Waals surface area (Å²) in [7, 11) is 0.792. The maximum absolute atomic E-state index is 12.4.